The Morgan fingerprint density at radius 3 is 1.15 bits per heavy atom. The average molecular weight is 1110 g/mol. The molecule has 0 aliphatic carbocycles. The third kappa shape index (κ3) is 16.3. The Morgan fingerprint density at radius 1 is 0.449 bits per heavy atom. The van der Waals surface area contributed by atoms with E-state index in [-0.39, 0.29) is 23.1 Å². The standard InChI is InChI=1S/C60H62F2N2O12S2/c1-43-47(39-59(63(43)51-13-9-49(61)10-14-51)45-5-25-57(26-6-45)77-76-67-3)41-74-55-21-17-53(18-22-55)72-37-35-70-33-31-68-29-30-69-32-34-71-36-38-73-54-19-23-56(24-20-54)75-42-48-40-60(46-7-27-58(28-8-46)78(4,65)66)64(44(48)2)52-15-11-50(62)12-16-52/h5-28,39-40H,29-38,41-42H2,1-4H3. The van der Waals surface area contributed by atoms with Gasteiger partial charge in [0.2, 0.25) is 0 Å². The van der Waals surface area contributed by atoms with Gasteiger partial charge in [-0.1, -0.05) is 24.3 Å². The summed E-state index contributed by atoms with van der Waals surface area (Å²) in [5.41, 5.74) is 8.95. The normalized spacial score (nSPS) is 11.5. The van der Waals surface area contributed by atoms with Crippen LogP contribution in [0.1, 0.15) is 22.5 Å². The van der Waals surface area contributed by atoms with Gasteiger partial charge in [0.15, 0.2) is 9.84 Å². The van der Waals surface area contributed by atoms with E-state index in [2.05, 4.69) is 10.6 Å². The van der Waals surface area contributed by atoms with Crippen molar-refractivity contribution in [2.75, 3.05) is 79.4 Å². The van der Waals surface area contributed by atoms with E-state index >= 15 is 0 Å². The molecule has 0 aliphatic heterocycles. The molecular formula is C60H62F2N2O12S2. The van der Waals surface area contributed by atoms with Crippen LogP contribution < -0.4 is 18.9 Å². The second-order valence-corrected chi connectivity index (χ2v) is 20.5. The van der Waals surface area contributed by atoms with Gasteiger partial charge in [0, 0.05) is 45.0 Å². The minimum atomic E-state index is -3.35. The molecule has 0 amide bonds. The van der Waals surface area contributed by atoms with Crippen LogP contribution in [-0.4, -0.2) is 97.0 Å². The molecule has 0 fully saturated rings. The highest BCUT2D eigenvalue weighted by Gasteiger charge is 2.19. The molecule has 0 saturated carbocycles. The monoisotopic (exact) mass is 1100 g/mol. The van der Waals surface area contributed by atoms with Crippen molar-refractivity contribution in [3.05, 3.63) is 192 Å². The lowest BCUT2D eigenvalue weighted by Crippen LogP contribution is -2.14. The number of benzene rings is 6. The van der Waals surface area contributed by atoms with Crippen molar-refractivity contribution in [3.63, 3.8) is 0 Å². The summed E-state index contributed by atoms with van der Waals surface area (Å²) < 4.78 is 108. The van der Waals surface area contributed by atoms with E-state index in [1.54, 1.807) is 48.5 Å². The number of halogens is 2. The molecule has 78 heavy (non-hydrogen) atoms. The summed E-state index contributed by atoms with van der Waals surface area (Å²) in [5.74, 6) is 2.09. The van der Waals surface area contributed by atoms with Crippen LogP contribution in [0.15, 0.2) is 168 Å². The van der Waals surface area contributed by atoms with Gasteiger partial charge in [-0.25, -0.2) is 22.1 Å². The maximum absolute atomic E-state index is 13.9. The molecule has 0 atom stereocenters. The predicted octanol–water partition coefficient (Wildman–Crippen LogP) is 12.2. The zero-order valence-electron chi connectivity index (χ0n) is 43.9. The maximum Gasteiger partial charge on any atom is 0.175 e. The minimum Gasteiger partial charge on any atom is -0.491 e. The minimum absolute atomic E-state index is 0.231. The molecule has 0 radical (unpaired) electrons. The first-order valence-electron chi connectivity index (χ1n) is 25.2. The molecule has 18 heteroatoms. The average Bonchev–Trinajstić information content (AvgIpc) is 4.01. The van der Waals surface area contributed by atoms with Gasteiger partial charge in [0.05, 0.1) is 88.3 Å². The highest BCUT2D eigenvalue weighted by molar-refractivity contribution is 7.94. The molecule has 0 N–H and O–H groups in total. The van der Waals surface area contributed by atoms with Gasteiger partial charge in [0.25, 0.3) is 0 Å². The first-order valence-corrected chi connectivity index (χ1v) is 27.8. The zero-order chi connectivity index (χ0) is 54.7. The van der Waals surface area contributed by atoms with Crippen LogP contribution in [0.5, 0.6) is 23.0 Å². The number of sulfone groups is 1. The van der Waals surface area contributed by atoms with Gasteiger partial charge < -0.3 is 47.0 Å². The SMILES string of the molecule is COOSc1ccc(-c2cc(COc3ccc(OCCOCCOCCOCCOCCOc4ccc(OCc5cc(-c6ccc(S(C)(=O)=O)cc6)n(-c6ccc(F)cc6)c5C)cc4)cc3)c(C)n2-c2ccc(F)cc2)cc1. The van der Waals surface area contributed by atoms with Gasteiger partial charge in [-0.15, -0.1) is 0 Å². The number of nitrogens with zero attached hydrogens (tertiary/aromatic N) is 2. The van der Waals surface area contributed by atoms with E-state index in [0.29, 0.717) is 95.7 Å². The first-order chi connectivity index (χ1) is 37.9. The molecule has 2 heterocycles. The summed E-state index contributed by atoms with van der Waals surface area (Å²) in [4.78, 5) is 5.82. The lowest BCUT2D eigenvalue weighted by atomic mass is 10.1. The summed E-state index contributed by atoms with van der Waals surface area (Å²) in [6, 6.07) is 46.2. The number of rotatable bonds is 31. The molecule has 14 nitrogen and oxygen atoms in total. The van der Waals surface area contributed by atoms with E-state index in [1.807, 2.05) is 97.3 Å². The van der Waals surface area contributed by atoms with Crippen LogP contribution >= 0.6 is 12.0 Å². The van der Waals surface area contributed by atoms with Crippen LogP contribution in [0.3, 0.4) is 0 Å². The summed E-state index contributed by atoms with van der Waals surface area (Å²) in [5, 5.41) is 0. The Bertz CT molecular complexity index is 3230. The van der Waals surface area contributed by atoms with Crippen LogP contribution in [0.25, 0.3) is 33.9 Å². The number of hydrogen-bond donors (Lipinski definition) is 0. The van der Waals surface area contributed by atoms with E-state index in [0.717, 1.165) is 73.3 Å². The Labute approximate surface area is 458 Å². The van der Waals surface area contributed by atoms with Crippen molar-refractivity contribution < 1.29 is 64.3 Å². The lowest BCUT2D eigenvalue weighted by molar-refractivity contribution is -0.160. The maximum atomic E-state index is 13.9. The molecule has 0 bridgehead atoms. The summed E-state index contributed by atoms with van der Waals surface area (Å²) in [7, 11) is -1.89. The fourth-order valence-corrected chi connectivity index (χ4v) is 9.32. The topological polar surface area (TPSA) is 136 Å². The Hall–Kier alpha value is -7.00. The fraction of sp³-hybridized carbons (Fsp3) is 0.267. The van der Waals surface area contributed by atoms with Crippen molar-refractivity contribution >= 4 is 21.9 Å². The van der Waals surface area contributed by atoms with Crippen LogP contribution in [0, 0.1) is 25.5 Å². The van der Waals surface area contributed by atoms with Crippen molar-refractivity contribution in [2.45, 2.75) is 36.9 Å². The van der Waals surface area contributed by atoms with Crippen molar-refractivity contribution in [2.24, 2.45) is 0 Å². The summed E-state index contributed by atoms with van der Waals surface area (Å²) in [6.45, 7) is 8.71. The Balaban J connectivity index is 0.654. The molecule has 8 rings (SSSR count). The Kier molecular flexibility index (Phi) is 20.9. The van der Waals surface area contributed by atoms with Crippen LogP contribution in [0.2, 0.25) is 0 Å². The summed E-state index contributed by atoms with van der Waals surface area (Å²) >= 11 is 1.13. The highest BCUT2D eigenvalue weighted by Crippen LogP contribution is 2.34. The van der Waals surface area contributed by atoms with Gasteiger partial charge in [0.1, 0.15) is 61.1 Å². The van der Waals surface area contributed by atoms with Crippen LogP contribution in [-0.2, 0) is 51.2 Å². The van der Waals surface area contributed by atoms with Crippen molar-refractivity contribution in [1.82, 2.24) is 9.13 Å². The van der Waals surface area contributed by atoms with Gasteiger partial charge in [-0.3, -0.25) is 0 Å². The molecule has 0 unspecified atom stereocenters. The third-order valence-electron chi connectivity index (χ3n) is 12.3. The van der Waals surface area contributed by atoms with Crippen molar-refractivity contribution in [3.8, 4) is 56.9 Å². The molecule has 8 aromatic rings. The highest BCUT2D eigenvalue weighted by atomic mass is 32.2. The van der Waals surface area contributed by atoms with Gasteiger partial charge in [-0.05, 0) is 158 Å². The van der Waals surface area contributed by atoms with Gasteiger partial charge in [-0.2, -0.15) is 4.33 Å². The largest absolute Gasteiger partial charge is 0.491 e. The summed E-state index contributed by atoms with van der Waals surface area (Å²) in [6.07, 6.45) is 1.18. The molecule has 0 spiro atoms. The van der Waals surface area contributed by atoms with E-state index in [4.69, 9.17) is 47.1 Å². The van der Waals surface area contributed by atoms with Crippen LogP contribution in [0.4, 0.5) is 8.78 Å². The molecule has 410 valence electrons. The van der Waals surface area contributed by atoms with E-state index in [9.17, 15) is 17.2 Å². The molecule has 2 aromatic heterocycles. The Morgan fingerprint density at radius 2 is 0.795 bits per heavy atom. The van der Waals surface area contributed by atoms with E-state index < -0.39 is 9.84 Å². The second kappa shape index (κ2) is 28.6. The fourth-order valence-electron chi connectivity index (χ4n) is 8.29. The second-order valence-electron chi connectivity index (χ2n) is 17.7. The molecule has 0 aliphatic rings. The smallest absolute Gasteiger partial charge is 0.175 e. The number of hydrogen-bond acceptors (Lipinski definition) is 13. The number of aromatic nitrogens is 2. The quantitative estimate of drug-likeness (QED) is 0.0177. The van der Waals surface area contributed by atoms with Crippen molar-refractivity contribution in [1.29, 1.82) is 0 Å². The predicted molar refractivity (Wildman–Crippen MR) is 295 cm³/mol. The molecular weight excluding hydrogens is 1040 g/mol. The third-order valence-corrected chi connectivity index (χ3v) is 14.1. The zero-order valence-corrected chi connectivity index (χ0v) is 45.5. The van der Waals surface area contributed by atoms with Gasteiger partial charge >= 0.3 is 0 Å². The molecule has 6 aromatic carbocycles. The first kappa shape index (κ1) is 57.2. The lowest BCUT2D eigenvalue weighted by Gasteiger charge is -2.13. The molecule has 0 saturated heterocycles. The van der Waals surface area contributed by atoms with E-state index in [1.165, 1.54) is 37.6 Å². The number of ether oxygens (including phenoxy) is 8.